The second kappa shape index (κ2) is 4.49. The van der Waals surface area contributed by atoms with E-state index in [9.17, 15) is 4.39 Å². The average Bonchev–Trinajstić information content (AvgIpc) is 2.28. The van der Waals surface area contributed by atoms with Crippen molar-refractivity contribution < 1.29 is 4.39 Å². The van der Waals surface area contributed by atoms with E-state index in [1.54, 1.807) is 12.3 Å². The molecule has 82 valence electrons. The second-order valence-corrected chi connectivity index (χ2v) is 3.77. The molecule has 1 aromatic heterocycles. The summed E-state index contributed by atoms with van der Waals surface area (Å²) in [5.41, 5.74) is 2.28. The molecule has 2 aromatic rings. The van der Waals surface area contributed by atoms with Crippen LogP contribution in [0.4, 0.5) is 10.1 Å². The number of hydrogen-bond donors (Lipinski definition) is 1. The van der Waals surface area contributed by atoms with E-state index < -0.39 is 0 Å². The van der Waals surface area contributed by atoms with Gasteiger partial charge in [0.15, 0.2) is 0 Å². The van der Waals surface area contributed by atoms with Crippen molar-refractivity contribution in [2.24, 2.45) is 0 Å². The van der Waals surface area contributed by atoms with E-state index in [1.165, 1.54) is 12.1 Å². The van der Waals surface area contributed by atoms with Gasteiger partial charge in [0.1, 0.15) is 5.82 Å². The van der Waals surface area contributed by atoms with Gasteiger partial charge in [0.2, 0.25) is 0 Å². The van der Waals surface area contributed by atoms with Gasteiger partial charge in [0.05, 0.1) is 5.69 Å². The number of nitrogens with one attached hydrogen (secondary N) is 1. The third-order valence-corrected chi connectivity index (χ3v) is 2.43. The highest BCUT2D eigenvalue weighted by Gasteiger charge is 2.04. The Labute approximate surface area is 98.1 Å². The van der Waals surface area contributed by atoms with E-state index in [2.05, 4.69) is 10.3 Å². The zero-order valence-corrected chi connectivity index (χ0v) is 9.42. The summed E-state index contributed by atoms with van der Waals surface area (Å²) >= 11 is 5.79. The number of nitrogens with zero attached hydrogens (tertiary/aromatic N) is 1. The zero-order chi connectivity index (χ0) is 11.5. The van der Waals surface area contributed by atoms with Gasteiger partial charge in [-0.05, 0) is 30.3 Å². The SMILES string of the molecule is CNc1ccnc(-c2cc(F)cc(Cl)c2)c1. The van der Waals surface area contributed by atoms with Crippen LogP contribution in [0, 0.1) is 5.82 Å². The fourth-order valence-electron chi connectivity index (χ4n) is 1.45. The van der Waals surface area contributed by atoms with Crippen LogP contribution in [0.3, 0.4) is 0 Å². The van der Waals surface area contributed by atoms with Gasteiger partial charge in [-0.25, -0.2) is 4.39 Å². The summed E-state index contributed by atoms with van der Waals surface area (Å²) in [6, 6.07) is 8.04. The lowest BCUT2D eigenvalue weighted by Crippen LogP contribution is -1.90. The zero-order valence-electron chi connectivity index (χ0n) is 8.67. The minimum absolute atomic E-state index is 0.362. The van der Waals surface area contributed by atoms with Crippen LogP contribution < -0.4 is 5.32 Å². The van der Waals surface area contributed by atoms with Gasteiger partial charge in [0.25, 0.3) is 0 Å². The molecule has 1 heterocycles. The van der Waals surface area contributed by atoms with Crippen LogP contribution in [-0.2, 0) is 0 Å². The third kappa shape index (κ3) is 2.31. The van der Waals surface area contributed by atoms with Crippen LogP contribution in [0.25, 0.3) is 11.3 Å². The largest absolute Gasteiger partial charge is 0.388 e. The number of hydrogen-bond acceptors (Lipinski definition) is 2. The molecular formula is C12H10ClFN2. The smallest absolute Gasteiger partial charge is 0.125 e. The van der Waals surface area contributed by atoms with Gasteiger partial charge in [-0.3, -0.25) is 4.98 Å². The quantitative estimate of drug-likeness (QED) is 0.862. The maximum Gasteiger partial charge on any atom is 0.125 e. The Morgan fingerprint density at radius 3 is 2.75 bits per heavy atom. The molecule has 0 fully saturated rings. The molecular weight excluding hydrogens is 227 g/mol. The summed E-state index contributed by atoms with van der Waals surface area (Å²) in [7, 11) is 1.82. The van der Waals surface area contributed by atoms with Crippen molar-refractivity contribution in [1.29, 1.82) is 0 Å². The van der Waals surface area contributed by atoms with Crippen molar-refractivity contribution in [3.63, 3.8) is 0 Å². The van der Waals surface area contributed by atoms with Crippen LogP contribution >= 0.6 is 11.6 Å². The lowest BCUT2D eigenvalue weighted by atomic mass is 10.1. The Bertz CT molecular complexity index is 494. The van der Waals surface area contributed by atoms with E-state index in [0.717, 1.165) is 5.69 Å². The van der Waals surface area contributed by atoms with Crippen molar-refractivity contribution in [2.75, 3.05) is 12.4 Å². The van der Waals surface area contributed by atoms with Gasteiger partial charge < -0.3 is 5.32 Å². The predicted octanol–water partition coefficient (Wildman–Crippen LogP) is 3.58. The first-order valence-electron chi connectivity index (χ1n) is 4.79. The lowest BCUT2D eigenvalue weighted by molar-refractivity contribution is 0.628. The molecule has 1 N–H and O–H groups in total. The molecule has 0 amide bonds. The minimum atomic E-state index is -0.362. The Morgan fingerprint density at radius 2 is 2.06 bits per heavy atom. The fourth-order valence-corrected chi connectivity index (χ4v) is 1.67. The highest BCUT2D eigenvalue weighted by atomic mass is 35.5. The van der Waals surface area contributed by atoms with Crippen molar-refractivity contribution in [1.82, 2.24) is 4.98 Å². The highest BCUT2D eigenvalue weighted by Crippen LogP contribution is 2.24. The summed E-state index contributed by atoms with van der Waals surface area (Å²) in [5, 5.41) is 3.37. The molecule has 0 aliphatic carbocycles. The molecule has 0 aliphatic rings. The summed E-state index contributed by atoms with van der Waals surface area (Å²) in [5.74, 6) is -0.362. The van der Waals surface area contributed by atoms with E-state index >= 15 is 0 Å². The number of pyridine rings is 1. The molecule has 0 unspecified atom stereocenters. The van der Waals surface area contributed by atoms with Crippen molar-refractivity contribution in [3.05, 3.63) is 47.4 Å². The molecule has 2 nitrogen and oxygen atoms in total. The molecule has 0 radical (unpaired) electrons. The van der Waals surface area contributed by atoms with E-state index in [1.807, 2.05) is 19.2 Å². The topological polar surface area (TPSA) is 24.9 Å². The number of rotatable bonds is 2. The van der Waals surface area contributed by atoms with Gasteiger partial charge >= 0.3 is 0 Å². The number of aromatic nitrogens is 1. The van der Waals surface area contributed by atoms with E-state index in [4.69, 9.17) is 11.6 Å². The normalized spacial score (nSPS) is 10.2. The molecule has 0 spiro atoms. The number of halogens is 2. The molecule has 1 aromatic carbocycles. The van der Waals surface area contributed by atoms with E-state index in [0.29, 0.717) is 16.3 Å². The molecule has 0 atom stereocenters. The summed E-state index contributed by atoms with van der Waals surface area (Å²) in [4.78, 5) is 4.17. The van der Waals surface area contributed by atoms with Crippen molar-refractivity contribution in [2.45, 2.75) is 0 Å². The molecule has 16 heavy (non-hydrogen) atoms. The predicted molar refractivity (Wildman–Crippen MR) is 64.2 cm³/mol. The molecule has 0 bridgehead atoms. The van der Waals surface area contributed by atoms with E-state index in [-0.39, 0.29) is 5.82 Å². The average molecular weight is 237 g/mol. The van der Waals surface area contributed by atoms with Crippen LogP contribution in [0.1, 0.15) is 0 Å². The Hall–Kier alpha value is -1.61. The maximum atomic E-state index is 13.2. The summed E-state index contributed by atoms with van der Waals surface area (Å²) in [6.45, 7) is 0. The van der Waals surface area contributed by atoms with Crippen molar-refractivity contribution in [3.8, 4) is 11.3 Å². The van der Waals surface area contributed by atoms with Gasteiger partial charge in [-0.1, -0.05) is 11.6 Å². The monoisotopic (exact) mass is 236 g/mol. The summed E-state index contributed by atoms with van der Waals surface area (Å²) < 4.78 is 13.2. The first-order valence-corrected chi connectivity index (χ1v) is 5.17. The second-order valence-electron chi connectivity index (χ2n) is 3.34. The molecule has 0 saturated carbocycles. The van der Waals surface area contributed by atoms with Crippen LogP contribution in [0.5, 0.6) is 0 Å². The third-order valence-electron chi connectivity index (χ3n) is 2.21. The highest BCUT2D eigenvalue weighted by molar-refractivity contribution is 6.30. The fraction of sp³-hybridized carbons (Fsp3) is 0.0833. The Kier molecular flexibility index (Phi) is 3.06. The van der Waals surface area contributed by atoms with Crippen LogP contribution in [-0.4, -0.2) is 12.0 Å². The standard InChI is InChI=1S/C12H10ClFN2/c1-15-11-2-3-16-12(7-11)8-4-9(13)6-10(14)5-8/h2-7H,1H3,(H,15,16). The Balaban J connectivity index is 2.49. The minimum Gasteiger partial charge on any atom is -0.388 e. The number of benzene rings is 1. The molecule has 0 aliphatic heterocycles. The first-order chi connectivity index (χ1) is 7.69. The Morgan fingerprint density at radius 1 is 1.25 bits per heavy atom. The summed E-state index contributed by atoms with van der Waals surface area (Å²) in [6.07, 6.45) is 1.67. The van der Waals surface area contributed by atoms with Crippen LogP contribution in [0.2, 0.25) is 5.02 Å². The first kappa shape index (κ1) is 10.9. The van der Waals surface area contributed by atoms with Crippen molar-refractivity contribution >= 4 is 17.3 Å². The van der Waals surface area contributed by atoms with Gasteiger partial charge in [-0.15, -0.1) is 0 Å². The van der Waals surface area contributed by atoms with Gasteiger partial charge in [0, 0.05) is 29.5 Å². The van der Waals surface area contributed by atoms with Crippen LogP contribution in [0.15, 0.2) is 36.5 Å². The molecule has 0 saturated heterocycles. The lowest BCUT2D eigenvalue weighted by Gasteiger charge is -2.04. The maximum absolute atomic E-state index is 13.2. The number of anilines is 1. The van der Waals surface area contributed by atoms with Gasteiger partial charge in [-0.2, -0.15) is 0 Å². The molecule has 4 heteroatoms. The molecule has 2 rings (SSSR count).